The van der Waals surface area contributed by atoms with Gasteiger partial charge in [0, 0.05) is 24.5 Å². The van der Waals surface area contributed by atoms with Gasteiger partial charge in [-0.15, -0.1) is 5.10 Å². The van der Waals surface area contributed by atoms with E-state index in [9.17, 15) is 4.79 Å². The SMILES string of the molecule is Cc1ccc(Cn2nc(C(=O)NCCc3c[nH]nn3)c3ccccc32)cc1. The summed E-state index contributed by atoms with van der Waals surface area (Å²) in [6, 6.07) is 16.1. The molecule has 4 rings (SSSR count). The minimum absolute atomic E-state index is 0.183. The van der Waals surface area contributed by atoms with Crippen molar-refractivity contribution in [3.63, 3.8) is 0 Å². The molecule has 4 aromatic rings. The highest BCUT2D eigenvalue weighted by molar-refractivity contribution is 6.04. The van der Waals surface area contributed by atoms with E-state index in [-0.39, 0.29) is 5.91 Å². The molecule has 2 aromatic carbocycles. The average molecular weight is 360 g/mol. The fourth-order valence-electron chi connectivity index (χ4n) is 3.02. The Balaban J connectivity index is 1.55. The van der Waals surface area contributed by atoms with E-state index in [0.717, 1.165) is 22.2 Å². The molecule has 136 valence electrons. The Morgan fingerprint density at radius 2 is 1.96 bits per heavy atom. The van der Waals surface area contributed by atoms with Crippen LogP contribution < -0.4 is 5.32 Å². The standard InChI is InChI=1S/C20H20N6O/c1-14-6-8-15(9-7-14)13-26-18-5-3-2-4-17(18)19(24-26)20(27)21-11-10-16-12-22-25-23-16/h2-9,12H,10-11,13H2,1H3,(H,21,27)(H,22,23,25). The number of carbonyl (C=O) groups excluding carboxylic acids is 1. The van der Waals surface area contributed by atoms with Crippen molar-refractivity contribution in [3.8, 4) is 0 Å². The predicted octanol–water partition coefficient (Wildman–Crippen LogP) is 2.48. The zero-order valence-electron chi connectivity index (χ0n) is 15.0. The summed E-state index contributed by atoms with van der Waals surface area (Å²) in [5.41, 5.74) is 4.56. The van der Waals surface area contributed by atoms with Crippen LogP contribution in [0, 0.1) is 6.92 Å². The summed E-state index contributed by atoms with van der Waals surface area (Å²) in [4.78, 5) is 12.7. The van der Waals surface area contributed by atoms with E-state index >= 15 is 0 Å². The summed E-state index contributed by atoms with van der Waals surface area (Å²) < 4.78 is 1.88. The molecule has 0 unspecified atom stereocenters. The molecular formula is C20H20N6O. The Morgan fingerprint density at radius 3 is 2.74 bits per heavy atom. The third-order valence-electron chi connectivity index (χ3n) is 4.46. The van der Waals surface area contributed by atoms with Gasteiger partial charge >= 0.3 is 0 Å². The molecule has 2 N–H and O–H groups in total. The van der Waals surface area contributed by atoms with E-state index in [1.54, 1.807) is 6.20 Å². The molecule has 0 saturated heterocycles. The molecule has 0 atom stereocenters. The Hall–Kier alpha value is -3.48. The Kier molecular flexibility index (Phi) is 4.65. The number of aryl methyl sites for hydroxylation is 1. The molecule has 0 spiro atoms. The van der Waals surface area contributed by atoms with Crippen molar-refractivity contribution in [2.24, 2.45) is 0 Å². The molecular weight excluding hydrogens is 340 g/mol. The molecule has 2 heterocycles. The third kappa shape index (κ3) is 3.72. The van der Waals surface area contributed by atoms with E-state index in [2.05, 4.69) is 57.0 Å². The lowest BCUT2D eigenvalue weighted by Gasteiger charge is -2.04. The number of rotatable bonds is 6. The number of H-pyrrole nitrogens is 1. The number of carbonyl (C=O) groups is 1. The summed E-state index contributed by atoms with van der Waals surface area (Å²) in [5.74, 6) is -0.183. The second kappa shape index (κ2) is 7.41. The molecule has 27 heavy (non-hydrogen) atoms. The Bertz CT molecular complexity index is 1050. The second-order valence-electron chi connectivity index (χ2n) is 6.48. The maximum Gasteiger partial charge on any atom is 0.272 e. The summed E-state index contributed by atoms with van der Waals surface area (Å²) in [6.07, 6.45) is 2.34. The normalized spacial score (nSPS) is 11.0. The van der Waals surface area contributed by atoms with Crippen LogP contribution in [0.25, 0.3) is 10.9 Å². The number of fused-ring (bicyclic) bond motifs is 1. The molecule has 0 aliphatic rings. The van der Waals surface area contributed by atoms with Gasteiger partial charge in [0.15, 0.2) is 5.69 Å². The number of nitrogens with zero attached hydrogens (tertiary/aromatic N) is 4. The lowest BCUT2D eigenvalue weighted by Crippen LogP contribution is -2.26. The number of hydrogen-bond acceptors (Lipinski definition) is 4. The number of benzene rings is 2. The molecule has 0 radical (unpaired) electrons. The monoisotopic (exact) mass is 360 g/mol. The van der Waals surface area contributed by atoms with Gasteiger partial charge < -0.3 is 5.32 Å². The third-order valence-corrected chi connectivity index (χ3v) is 4.46. The van der Waals surface area contributed by atoms with E-state index in [1.807, 2.05) is 28.9 Å². The Labute approximate surface area is 156 Å². The van der Waals surface area contributed by atoms with Gasteiger partial charge in [0.05, 0.1) is 17.8 Å². The highest BCUT2D eigenvalue weighted by atomic mass is 16.1. The highest BCUT2D eigenvalue weighted by Gasteiger charge is 2.17. The van der Waals surface area contributed by atoms with E-state index in [4.69, 9.17) is 0 Å². The number of para-hydroxylation sites is 1. The number of nitrogens with one attached hydrogen (secondary N) is 2. The van der Waals surface area contributed by atoms with Crippen molar-refractivity contribution < 1.29 is 4.79 Å². The summed E-state index contributed by atoms with van der Waals surface area (Å²) in [6.45, 7) is 3.16. The van der Waals surface area contributed by atoms with Gasteiger partial charge in [-0.05, 0) is 18.6 Å². The van der Waals surface area contributed by atoms with Crippen molar-refractivity contribution >= 4 is 16.8 Å². The lowest BCUT2D eigenvalue weighted by atomic mass is 10.1. The fraction of sp³-hybridized carbons (Fsp3) is 0.200. The first-order chi connectivity index (χ1) is 13.2. The van der Waals surface area contributed by atoms with Gasteiger partial charge in [0.1, 0.15) is 0 Å². The van der Waals surface area contributed by atoms with Gasteiger partial charge in [-0.3, -0.25) is 14.6 Å². The van der Waals surface area contributed by atoms with Gasteiger partial charge in [0.25, 0.3) is 5.91 Å². The van der Waals surface area contributed by atoms with Gasteiger partial charge in [-0.25, -0.2) is 0 Å². The first-order valence-electron chi connectivity index (χ1n) is 8.85. The number of aromatic amines is 1. The zero-order valence-corrected chi connectivity index (χ0v) is 15.0. The summed E-state index contributed by atoms with van der Waals surface area (Å²) >= 11 is 0. The first kappa shape index (κ1) is 17.0. The van der Waals surface area contributed by atoms with Crippen LogP contribution in [0.4, 0.5) is 0 Å². The molecule has 2 aromatic heterocycles. The van der Waals surface area contributed by atoms with Crippen LogP contribution in [0.3, 0.4) is 0 Å². The molecule has 0 saturated carbocycles. The number of amides is 1. The molecule has 7 nitrogen and oxygen atoms in total. The van der Waals surface area contributed by atoms with Crippen molar-refractivity contribution in [2.45, 2.75) is 19.9 Å². The quantitative estimate of drug-likeness (QED) is 0.553. The molecule has 0 fully saturated rings. The van der Waals surface area contributed by atoms with E-state index in [0.29, 0.717) is 25.2 Å². The molecule has 0 bridgehead atoms. The zero-order chi connectivity index (χ0) is 18.6. The van der Waals surface area contributed by atoms with Crippen LogP contribution in [-0.4, -0.2) is 37.6 Å². The van der Waals surface area contributed by atoms with Crippen molar-refractivity contribution in [2.75, 3.05) is 6.54 Å². The van der Waals surface area contributed by atoms with Crippen LogP contribution in [0.15, 0.2) is 54.7 Å². The first-order valence-corrected chi connectivity index (χ1v) is 8.85. The number of aromatic nitrogens is 5. The molecule has 0 aliphatic heterocycles. The topological polar surface area (TPSA) is 88.5 Å². The van der Waals surface area contributed by atoms with Crippen LogP contribution in [0.1, 0.15) is 27.3 Å². The van der Waals surface area contributed by atoms with Crippen LogP contribution in [0.5, 0.6) is 0 Å². The second-order valence-corrected chi connectivity index (χ2v) is 6.48. The molecule has 7 heteroatoms. The minimum atomic E-state index is -0.183. The highest BCUT2D eigenvalue weighted by Crippen LogP contribution is 2.20. The lowest BCUT2D eigenvalue weighted by molar-refractivity contribution is 0.0950. The largest absolute Gasteiger partial charge is 0.350 e. The summed E-state index contributed by atoms with van der Waals surface area (Å²) in [5, 5.41) is 18.6. The maximum absolute atomic E-state index is 12.7. The van der Waals surface area contributed by atoms with E-state index in [1.165, 1.54) is 5.56 Å². The summed E-state index contributed by atoms with van der Waals surface area (Å²) in [7, 11) is 0. The van der Waals surface area contributed by atoms with Crippen LogP contribution in [-0.2, 0) is 13.0 Å². The predicted molar refractivity (Wildman–Crippen MR) is 102 cm³/mol. The van der Waals surface area contributed by atoms with E-state index < -0.39 is 0 Å². The minimum Gasteiger partial charge on any atom is -0.350 e. The maximum atomic E-state index is 12.7. The van der Waals surface area contributed by atoms with Gasteiger partial charge in [-0.1, -0.05) is 53.2 Å². The van der Waals surface area contributed by atoms with Crippen molar-refractivity contribution in [3.05, 3.63) is 77.2 Å². The average Bonchev–Trinajstić information content (AvgIpc) is 3.32. The van der Waals surface area contributed by atoms with Crippen LogP contribution >= 0.6 is 0 Å². The van der Waals surface area contributed by atoms with Gasteiger partial charge in [-0.2, -0.15) is 5.10 Å². The van der Waals surface area contributed by atoms with Gasteiger partial charge in [0.2, 0.25) is 0 Å². The van der Waals surface area contributed by atoms with Crippen molar-refractivity contribution in [1.82, 2.24) is 30.5 Å². The number of hydrogen-bond donors (Lipinski definition) is 2. The molecule has 0 aliphatic carbocycles. The fourth-order valence-corrected chi connectivity index (χ4v) is 3.02. The van der Waals surface area contributed by atoms with Crippen LogP contribution in [0.2, 0.25) is 0 Å². The Morgan fingerprint density at radius 1 is 1.15 bits per heavy atom. The molecule has 1 amide bonds. The smallest absolute Gasteiger partial charge is 0.272 e. The van der Waals surface area contributed by atoms with Crippen molar-refractivity contribution in [1.29, 1.82) is 0 Å².